The molecule has 0 radical (unpaired) electrons. The third-order valence-electron chi connectivity index (χ3n) is 2.00. The Morgan fingerprint density at radius 1 is 1.14 bits per heavy atom. The van der Waals surface area contributed by atoms with E-state index >= 15 is 0 Å². The molecule has 1 aromatic carbocycles. The van der Waals surface area contributed by atoms with Crippen molar-refractivity contribution in [3.63, 3.8) is 0 Å². The molecule has 72 valence electrons. The van der Waals surface area contributed by atoms with Crippen molar-refractivity contribution in [3.8, 4) is 0 Å². The predicted octanol–water partition coefficient (Wildman–Crippen LogP) is 1.70. The average molecular weight is 189 g/mol. The second-order valence-electron chi connectivity index (χ2n) is 2.97. The number of aliphatic hydroxyl groups excluding tert-OH is 1. The molecule has 0 saturated carbocycles. The first-order valence-corrected chi connectivity index (χ1v) is 4.43. The van der Waals surface area contributed by atoms with Gasteiger partial charge in [0.1, 0.15) is 6.79 Å². The molecule has 0 amide bonds. The second kappa shape index (κ2) is 4.17. The van der Waals surface area contributed by atoms with Crippen LogP contribution in [0.4, 0.5) is 0 Å². The van der Waals surface area contributed by atoms with Crippen molar-refractivity contribution in [2.75, 3.05) is 6.79 Å². The number of para-hydroxylation sites is 1. The van der Waals surface area contributed by atoms with Crippen molar-refractivity contribution in [2.45, 2.75) is 6.61 Å². The van der Waals surface area contributed by atoms with Crippen molar-refractivity contribution < 1.29 is 9.84 Å². The maximum Gasteiger partial charge on any atom is 0.144 e. The number of fused-ring (bicyclic) bond motifs is 1. The minimum Gasteiger partial charge on any atom is -0.371 e. The summed E-state index contributed by atoms with van der Waals surface area (Å²) < 4.78 is 4.86. The lowest BCUT2D eigenvalue weighted by atomic mass is 10.2. The molecular formula is C11H11NO2. The van der Waals surface area contributed by atoms with Crippen LogP contribution in [-0.2, 0) is 11.3 Å². The number of hydrogen-bond acceptors (Lipinski definition) is 3. The summed E-state index contributed by atoms with van der Waals surface area (Å²) in [5, 5.41) is 9.60. The highest BCUT2D eigenvalue weighted by Gasteiger charge is 1.96. The van der Waals surface area contributed by atoms with E-state index in [9.17, 15) is 0 Å². The lowest BCUT2D eigenvalue weighted by molar-refractivity contribution is -0.0124. The fourth-order valence-electron chi connectivity index (χ4n) is 1.34. The molecular weight excluding hydrogens is 178 g/mol. The van der Waals surface area contributed by atoms with Crippen LogP contribution in [0, 0.1) is 0 Å². The zero-order chi connectivity index (χ0) is 9.80. The van der Waals surface area contributed by atoms with Gasteiger partial charge in [0, 0.05) is 5.39 Å². The number of aliphatic hydroxyl groups is 1. The fraction of sp³-hybridized carbons (Fsp3) is 0.182. The lowest BCUT2D eigenvalue weighted by Gasteiger charge is -2.02. The fourth-order valence-corrected chi connectivity index (χ4v) is 1.34. The highest BCUT2D eigenvalue weighted by atomic mass is 16.6. The quantitative estimate of drug-likeness (QED) is 0.747. The van der Waals surface area contributed by atoms with Gasteiger partial charge in [-0.05, 0) is 12.1 Å². The number of pyridine rings is 1. The van der Waals surface area contributed by atoms with Crippen LogP contribution in [0.1, 0.15) is 5.69 Å². The number of ether oxygens (including phenoxy) is 1. The smallest absolute Gasteiger partial charge is 0.144 e. The Labute approximate surface area is 82.0 Å². The van der Waals surface area contributed by atoms with Gasteiger partial charge in [-0.1, -0.05) is 24.3 Å². The molecule has 0 aliphatic heterocycles. The van der Waals surface area contributed by atoms with Crippen molar-refractivity contribution in [2.24, 2.45) is 0 Å². The Hall–Kier alpha value is -1.45. The van der Waals surface area contributed by atoms with E-state index in [0.717, 1.165) is 16.6 Å². The number of aromatic nitrogens is 1. The number of rotatable bonds is 3. The number of benzene rings is 1. The number of nitrogens with zero attached hydrogens (tertiary/aromatic N) is 1. The Morgan fingerprint density at radius 3 is 2.86 bits per heavy atom. The van der Waals surface area contributed by atoms with Crippen molar-refractivity contribution in [3.05, 3.63) is 42.1 Å². The molecule has 2 aromatic rings. The van der Waals surface area contributed by atoms with Crippen LogP contribution >= 0.6 is 0 Å². The van der Waals surface area contributed by atoms with Gasteiger partial charge in [0.05, 0.1) is 17.8 Å². The van der Waals surface area contributed by atoms with E-state index in [1.807, 2.05) is 36.4 Å². The standard InChI is InChI=1S/C11H11NO2/c13-8-14-7-10-6-5-9-3-1-2-4-11(9)12-10/h1-6,13H,7-8H2. The van der Waals surface area contributed by atoms with Gasteiger partial charge in [-0.2, -0.15) is 0 Å². The van der Waals surface area contributed by atoms with Crippen LogP contribution in [0.2, 0.25) is 0 Å². The van der Waals surface area contributed by atoms with Crippen LogP contribution in [-0.4, -0.2) is 16.9 Å². The van der Waals surface area contributed by atoms with Gasteiger partial charge in [-0.25, -0.2) is 0 Å². The van der Waals surface area contributed by atoms with Gasteiger partial charge < -0.3 is 9.84 Å². The minimum absolute atomic E-state index is 0.269. The predicted molar refractivity (Wildman–Crippen MR) is 53.6 cm³/mol. The van der Waals surface area contributed by atoms with E-state index in [4.69, 9.17) is 9.84 Å². The maximum atomic E-state index is 8.49. The third-order valence-corrected chi connectivity index (χ3v) is 2.00. The van der Waals surface area contributed by atoms with Crippen LogP contribution < -0.4 is 0 Å². The van der Waals surface area contributed by atoms with E-state index < -0.39 is 0 Å². The van der Waals surface area contributed by atoms with E-state index in [0.29, 0.717) is 6.61 Å². The van der Waals surface area contributed by atoms with Gasteiger partial charge >= 0.3 is 0 Å². The molecule has 0 aliphatic carbocycles. The van der Waals surface area contributed by atoms with Crippen molar-refractivity contribution in [1.29, 1.82) is 0 Å². The van der Waals surface area contributed by atoms with Crippen LogP contribution in [0.3, 0.4) is 0 Å². The molecule has 1 N–H and O–H groups in total. The van der Waals surface area contributed by atoms with Gasteiger partial charge in [0.2, 0.25) is 0 Å². The molecule has 0 atom stereocenters. The van der Waals surface area contributed by atoms with E-state index in [1.54, 1.807) is 0 Å². The summed E-state index contributed by atoms with van der Waals surface area (Å²) in [6.45, 7) is 0.0792. The Balaban J connectivity index is 2.32. The monoisotopic (exact) mass is 189 g/mol. The van der Waals surface area contributed by atoms with Gasteiger partial charge in [0.15, 0.2) is 0 Å². The first-order chi connectivity index (χ1) is 6.90. The highest BCUT2D eigenvalue weighted by molar-refractivity contribution is 5.78. The molecule has 1 heterocycles. The molecule has 14 heavy (non-hydrogen) atoms. The van der Waals surface area contributed by atoms with Crippen molar-refractivity contribution >= 4 is 10.9 Å². The molecule has 0 fully saturated rings. The topological polar surface area (TPSA) is 42.4 Å². The molecule has 3 heteroatoms. The minimum atomic E-state index is -0.269. The summed E-state index contributed by atoms with van der Waals surface area (Å²) in [7, 11) is 0. The van der Waals surface area contributed by atoms with Gasteiger partial charge in [-0.3, -0.25) is 4.98 Å². The second-order valence-corrected chi connectivity index (χ2v) is 2.97. The summed E-state index contributed by atoms with van der Waals surface area (Å²) in [6.07, 6.45) is 0. The SMILES string of the molecule is OCOCc1ccc2ccccc2n1. The zero-order valence-electron chi connectivity index (χ0n) is 7.68. The molecule has 0 unspecified atom stereocenters. The van der Waals surface area contributed by atoms with E-state index in [2.05, 4.69) is 4.98 Å². The number of hydrogen-bond donors (Lipinski definition) is 1. The summed E-state index contributed by atoms with van der Waals surface area (Å²) in [4.78, 5) is 4.38. The van der Waals surface area contributed by atoms with Crippen molar-refractivity contribution in [1.82, 2.24) is 4.98 Å². The van der Waals surface area contributed by atoms with E-state index in [1.165, 1.54) is 0 Å². The zero-order valence-corrected chi connectivity index (χ0v) is 7.68. The van der Waals surface area contributed by atoms with E-state index in [-0.39, 0.29) is 6.79 Å². The summed E-state index contributed by atoms with van der Waals surface area (Å²) in [6, 6.07) is 11.8. The van der Waals surface area contributed by atoms with Gasteiger partial charge in [0.25, 0.3) is 0 Å². The lowest BCUT2D eigenvalue weighted by Crippen LogP contribution is -1.96. The summed E-state index contributed by atoms with van der Waals surface area (Å²) in [5.74, 6) is 0. The molecule has 1 aromatic heterocycles. The summed E-state index contributed by atoms with van der Waals surface area (Å²) >= 11 is 0. The first-order valence-electron chi connectivity index (χ1n) is 4.43. The molecule has 2 rings (SSSR count). The molecule has 0 spiro atoms. The summed E-state index contributed by atoms with van der Waals surface area (Å²) in [5.41, 5.74) is 1.78. The third kappa shape index (κ3) is 1.89. The van der Waals surface area contributed by atoms with Gasteiger partial charge in [-0.15, -0.1) is 0 Å². The Kier molecular flexibility index (Phi) is 2.72. The average Bonchev–Trinajstić information content (AvgIpc) is 2.26. The Bertz CT molecular complexity index is 428. The van der Waals surface area contributed by atoms with Crippen LogP contribution in [0.5, 0.6) is 0 Å². The highest BCUT2D eigenvalue weighted by Crippen LogP contribution is 2.11. The first kappa shape index (κ1) is 9.12. The normalized spacial score (nSPS) is 10.6. The molecule has 0 saturated heterocycles. The Morgan fingerprint density at radius 2 is 2.00 bits per heavy atom. The van der Waals surface area contributed by atoms with Crippen LogP contribution in [0.25, 0.3) is 10.9 Å². The van der Waals surface area contributed by atoms with Crippen LogP contribution in [0.15, 0.2) is 36.4 Å². The largest absolute Gasteiger partial charge is 0.371 e. The molecule has 0 bridgehead atoms. The molecule has 0 aliphatic rings. The molecule has 3 nitrogen and oxygen atoms in total. The maximum absolute atomic E-state index is 8.49.